The van der Waals surface area contributed by atoms with Crippen LogP contribution >= 0.6 is 0 Å². The number of hydrogen-bond donors (Lipinski definition) is 0. The monoisotopic (exact) mass is 662 g/mol. The van der Waals surface area contributed by atoms with E-state index in [9.17, 15) is 0 Å². The summed E-state index contributed by atoms with van der Waals surface area (Å²) >= 11 is 0. The first-order valence-corrected chi connectivity index (χ1v) is 25.1. The zero-order valence-electron chi connectivity index (χ0n) is 30.6. The zero-order valence-corrected chi connectivity index (χ0v) is 34.6. The molecule has 0 amide bonds. The Morgan fingerprint density at radius 3 is 0.976 bits per heavy atom. The van der Waals surface area contributed by atoms with Crippen molar-refractivity contribution < 1.29 is 30.7 Å². The lowest BCUT2D eigenvalue weighted by Crippen LogP contribution is -2.59. The fourth-order valence-corrected chi connectivity index (χ4v) is 10.3. The van der Waals surface area contributed by atoms with Crippen LogP contribution in [0.3, 0.4) is 0 Å². The Morgan fingerprint density at radius 2 is 0.714 bits per heavy atom. The number of rotatable bonds is 10. The van der Waals surface area contributed by atoms with E-state index in [1.54, 1.807) is 42.7 Å². The average Bonchev–Trinajstić information content (AvgIpc) is 3.01. The Bertz CT molecular complexity index is 825. The molecule has 0 spiro atoms. The van der Waals surface area contributed by atoms with Crippen LogP contribution < -0.4 is 10.4 Å². The minimum absolute atomic E-state index is 0.975. The average molecular weight is 663 g/mol. The molecule has 42 heavy (non-hydrogen) atoms. The molecule has 7 nitrogen and oxygen atoms in total. The first-order valence-electron chi connectivity index (χ1n) is 14.8. The molecule has 0 fully saturated rings. The normalized spacial score (nSPS) is 10.9. The summed E-state index contributed by atoms with van der Waals surface area (Å²) in [6.45, 7) is 27.0. The summed E-state index contributed by atoms with van der Waals surface area (Å²) in [5.41, 5.74) is 1.22. The van der Waals surface area contributed by atoms with E-state index in [2.05, 4.69) is 58.3 Å². The van der Waals surface area contributed by atoms with Crippen LogP contribution in [0.4, 0.5) is 0 Å². The highest BCUT2D eigenvalue weighted by molar-refractivity contribution is 6.86. The first kappa shape index (κ1) is 47.9. The van der Waals surface area contributed by atoms with E-state index in [-0.39, 0.29) is 0 Å². The maximum absolute atomic E-state index is 6.18. The third-order valence-corrected chi connectivity index (χ3v) is 14.4. The van der Waals surface area contributed by atoms with Gasteiger partial charge in [-0.1, -0.05) is 102 Å². The van der Waals surface area contributed by atoms with Crippen molar-refractivity contribution in [3.05, 3.63) is 60.2 Å². The Morgan fingerprint density at radius 1 is 0.405 bits per heavy atom. The van der Waals surface area contributed by atoms with Crippen LogP contribution in [0.2, 0.25) is 39.3 Å². The smallest absolute Gasteiger partial charge is 0.421 e. The summed E-state index contributed by atoms with van der Waals surface area (Å²) in [6.07, 6.45) is 0. The Hall–Kier alpha value is -0.972. The molecule has 0 aliphatic rings. The van der Waals surface area contributed by atoms with Crippen molar-refractivity contribution in [2.75, 3.05) is 42.7 Å². The highest BCUT2D eigenvalue weighted by atomic mass is 28.5. The van der Waals surface area contributed by atoms with Gasteiger partial charge in [0.05, 0.1) is 0 Å². The third kappa shape index (κ3) is 20.1. The molecule has 0 unspecified atom stereocenters. The lowest BCUT2D eigenvalue weighted by molar-refractivity contribution is 0.140. The molecule has 2 aromatic rings. The molecule has 0 aromatic heterocycles. The Labute approximate surface area is 265 Å². The summed E-state index contributed by atoms with van der Waals surface area (Å²) in [5, 5.41) is 2.00. The third-order valence-electron chi connectivity index (χ3n) is 4.93. The molecule has 0 aliphatic carbocycles. The van der Waals surface area contributed by atoms with Crippen molar-refractivity contribution in [1.82, 2.24) is 0 Å². The Balaban J connectivity index is -0.000000255. The van der Waals surface area contributed by atoms with Gasteiger partial charge in [0.25, 0.3) is 0 Å². The van der Waals surface area contributed by atoms with E-state index in [1.165, 1.54) is 5.56 Å². The van der Waals surface area contributed by atoms with Crippen LogP contribution in [-0.4, -0.2) is 76.9 Å². The van der Waals surface area contributed by atoms with Gasteiger partial charge >= 0.3 is 17.6 Å². The molecule has 0 saturated heterocycles. The Kier molecular flexibility index (Phi) is 30.2. The number of hydrogen-bond acceptors (Lipinski definition) is 7. The fraction of sp³-hybridized carbons (Fsp3) is 0.613. The summed E-state index contributed by atoms with van der Waals surface area (Å²) in [7, 11) is 1.75. The van der Waals surface area contributed by atoms with Gasteiger partial charge in [-0.15, -0.1) is 0 Å². The van der Waals surface area contributed by atoms with Gasteiger partial charge in [0.2, 0.25) is 0 Å². The number of aryl methyl sites for hydroxylation is 1. The standard InChI is InChI=1S/C12H22O3Si2.C9H14O3Si.C4H12OSi.3C2H6/c1-11-7-9-12(10-8-11)17(13-2,14-3)15-16(4,5)6;1-10-13(11-2,12-3)9-7-5-4-6-8-9;1-5-6(2,3)4;3*1-2/h7-10H,1-6H3;4-8H,1-3H3;1-4H3;3*1-2H3. The second kappa shape index (κ2) is 26.4. The molecule has 0 radical (unpaired) electrons. The highest BCUT2D eigenvalue weighted by Crippen LogP contribution is 2.16. The molecule has 2 aromatic carbocycles. The van der Waals surface area contributed by atoms with Crippen molar-refractivity contribution in [3.8, 4) is 0 Å². The van der Waals surface area contributed by atoms with E-state index < -0.39 is 34.2 Å². The minimum Gasteiger partial charge on any atom is -0.421 e. The summed E-state index contributed by atoms with van der Waals surface area (Å²) in [6, 6.07) is 17.9. The largest absolute Gasteiger partial charge is 0.536 e. The van der Waals surface area contributed by atoms with Crippen molar-refractivity contribution in [3.63, 3.8) is 0 Å². The molecule has 0 saturated carbocycles. The lowest BCUT2D eigenvalue weighted by atomic mass is 10.2. The zero-order chi connectivity index (χ0) is 34.0. The van der Waals surface area contributed by atoms with Gasteiger partial charge in [0.15, 0.2) is 16.6 Å². The van der Waals surface area contributed by atoms with Crippen molar-refractivity contribution in [2.24, 2.45) is 0 Å². The second-order valence-electron chi connectivity index (χ2n) is 9.90. The van der Waals surface area contributed by atoms with Crippen LogP contribution in [-0.2, 0) is 30.7 Å². The highest BCUT2D eigenvalue weighted by Gasteiger charge is 2.45. The molecule has 0 N–H and O–H groups in total. The minimum atomic E-state index is -2.72. The van der Waals surface area contributed by atoms with E-state index in [0.29, 0.717) is 0 Å². The molecular weight excluding hydrogens is 597 g/mol. The maximum Gasteiger partial charge on any atom is 0.536 e. The first-order chi connectivity index (χ1) is 19.7. The quantitative estimate of drug-likeness (QED) is 0.243. The van der Waals surface area contributed by atoms with Gasteiger partial charge in [-0.05, 0) is 46.2 Å². The summed E-state index contributed by atoms with van der Waals surface area (Å²) in [4.78, 5) is 0. The fourth-order valence-electron chi connectivity index (χ4n) is 2.87. The predicted octanol–water partition coefficient (Wildman–Crippen LogP) is 7.60. The van der Waals surface area contributed by atoms with Crippen LogP contribution in [0.1, 0.15) is 47.1 Å². The maximum atomic E-state index is 6.18. The lowest BCUT2D eigenvalue weighted by Gasteiger charge is -2.33. The molecule has 2 rings (SSSR count). The summed E-state index contributed by atoms with van der Waals surface area (Å²) in [5.74, 6) is 0. The van der Waals surface area contributed by atoms with Crippen molar-refractivity contribution >= 4 is 44.6 Å². The van der Waals surface area contributed by atoms with Gasteiger partial charge in [-0.25, -0.2) is 0 Å². The van der Waals surface area contributed by atoms with Crippen LogP contribution in [0.15, 0.2) is 54.6 Å². The second-order valence-corrected chi connectivity index (χ2v) is 25.0. The van der Waals surface area contributed by atoms with Crippen LogP contribution in [0.5, 0.6) is 0 Å². The van der Waals surface area contributed by atoms with Gasteiger partial charge in [-0.3, -0.25) is 0 Å². The van der Waals surface area contributed by atoms with Gasteiger partial charge in [0, 0.05) is 53.0 Å². The molecule has 0 aliphatic heterocycles. The summed E-state index contributed by atoms with van der Waals surface area (Å²) < 4.78 is 38.4. The predicted molar refractivity (Wildman–Crippen MR) is 192 cm³/mol. The molecule has 0 atom stereocenters. The molecule has 11 heteroatoms. The molecule has 248 valence electrons. The van der Waals surface area contributed by atoms with Crippen LogP contribution in [0.25, 0.3) is 0 Å². The van der Waals surface area contributed by atoms with Gasteiger partial charge in [0.1, 0.15) is 0 Å². The number of benzene rings is 2. The van der Waals surface area contributed by atoms with Gasteiger partial charge in [-0.2, -0.15) is 0 Å². The molecule has 0 heterocycles. The van der Waals surface area contributed by atoms with Crippen molar-refractivity contribution in [2.45, 2.75) is 87.7 Å². The van der Waals surface area contributed by atoms with E-state index in [1.807, 2.05) is 84.0 Å². The van der Waals surface area contributed by atoms with E-state index in [0.717, 1.165) is 10.4 Å². The van der Waals surface area contributed by atoms with E-state index in [4.69, 9.17) is 30.7 Å². The van der Waals surface area contributed by atoms with Gasteiger partial charge < -0.3 is 30.7 Å². The van der Waals surface area contributed by atoms with Crippen LogP contribution in [0, 0.1) is 6.92 Å². The molecular formula is C31H66O7Si4. The van der Waals surface area contributed by atoms with E-state index >= 15 is 0 Å². The van der Waals surface area contributed by atoms with Crippen molar-refractivity contribution in [1.29, 1.82) is 0 Å². The SMILES string of the molecule is CC.CC.CC.CO[Si](C)(C)C.CO[Si](OC)(OC)c1ccccc1.CO[Si](OC)(O[Si](C)(C)C)c1ccc(C)cc1. The molecule has 0 bridgehead atoms. The topological polar surface area (TPSA) is 64.6 Å².